The van der Waals surface area contributed by atoms with Crippen LogP contribution < -0.4 is 5.32 Å². The fraction of sp³-hybridized carbons (Fsp3) is 0.708. The molecule has 1 aromatic rings. The molecule has 0 atom stereocenters. The van der Waals surface area contributed by atoms with E-state index in [1.54, 1.807) is 16.4 Å². The van der Waals surface area contributed by atoms with E-state index >= 15 is 0 Å². The zero-order valence-corrected chi connectivity index (χ0v) is 19.5. The minimum Gasteiger partial charge on any atom is -0.378 e. The van der Waals surface area contributed by atoms with Gasteiger partial charge >= 0.3 is 0 Å². The molecule has 0 spiro atoms. The van der Waals surface area contributed by atoms with E-state index in [9.17, 15) is 13.2 Å². The summed E-state index contributed by atoms with van der Waals surface area (Å²) in [5, 5.41) is 2.95. The van der Waals surface area contributed by atoms with Gasteiger partial charge < -0.3 is 10.1 Å². The topological polar surface area (TPSA) is 75.7 Å². The van der Waals surface area contributed by atoms with Crippen molar-refractivity contribution in [1.82, 2.24) is 9.62 Å². The first-order valence-corrected chi connectivity index (χ1v) is 13.5. The molecule has 0 bridgehead atoms. The maximum Gasteiger partial charge on any atom is 0.243 e. The molecule has 1 saturated heterocycles. The summed E-state index contributed by atoms with van der Waals surface area (Å²) in [4.78, 5) is 12.4. The fourth-order valence-corrected chi connectivity index (χ4v) is 5.90. The van der Waals surface area contributed by atoms with Crippen molar-refractivity contribution in [3.63, 3.8) is 0 Å². The fourth-order valence-electron chi connectivity index (χ4n) is 4.39. The van der Waals surface area contributed by atoms with Crippen molar-refractivity contribution in [2.24, 2.45) is 0 Å². The standard InChI is InChI=1S/C24H38N2O4S/c27-24(25-17-8-20-30-22-9-4-3-5-10-22)16-13-21-11-14-23(15-12-21)31(28,29)26-18-6-1-2-7-19-26/h11-12,14-15,22H,1-10,13,16-20H2,(H,25,27). The Morgan fingerprint density at radius 1 is 0.968 bits per heavy atom. The SMILES string of the molecule is O=C(CCc1ccc(S(=O)(=O)N2CCCCCC2)cc1)NCCCOC1CCCCC1. The molecule has 1 N–H and O–H groups in total. The third kappa shape index (κ3) is 7.88. The average molecular weight is 451 g/mol. The number of benzene rings is 1. The molecule has 31 heavy (non-hydrogen) atoms. The largest absolute Gasteiger partial charge is 0.378 e. The Hall–Kier alpha value is -1.44. The zero-order chi connectivity index (χ0) is 21.9. The van der Waals surface area contributed by atoms with Gasteiger partial charge in [-0.25, -0.2) is 8.42 Å². The summed E-state index contributed by atoms with van der Waals surface area (Å²) >= 11 is 0. The molecule has 0 radical (unpaired) electrons. The molecule has 0 aromatic heterocycles. The molecule has 1 aliphatic heterocycles. The van der Waals surface area contributed by atoms with Gasteiger partial charge in [-0.1, -0.05) is 44.2 Å². The third-order valence-electron chi connectivity index (χ3n) is 6.32. The second-order valence-corrected chi connectivity index (χ2v) is 10.7. The lowest BCUT2D eigenvalue weighted by molar-refractivity contribution is -0.121. The maximum atomic E-state index is 12.8. The first-order valence-electron chi connectivity index (χ1n) is 12.0. The minimum atomic E-state index is -3.42. The van der Waals surface area contributed by atoms with Gasteiger partial charge in [0.2, 0.25) is 15.9 Å². The van der Waals surface area contributed by atoms with E-state index in [-0.39, 0.29) is 5.91 Å². The molecule has 1 aromatic carbocycles. The van der Waals surface area contributed by atoms with Crippen molar-refractivity contribution in [3.05, 3.63) is 29.8 Å². The summed E-state index contributed by atoms with van der Waals surface area (Å²) in [5.74, 6) is 0.0268. The van der Waals surface area contributed by atoms with Crippen molar-refractivity contribution in [2.75, 3.05) is 26.2 Å². The predicted octanol–water partition coefficient (Wildman–Crippen LogP) is 4.04. The number of aryl methyl sites for hydroxylation is 1. The molecular formula is C24H38N2O4S. The van der Waals surface area contributed by atoms with E-state index in [2.05, 4.69) is 5.32 Å². The number of nitrogens with zero attached hydrogens (tertiary/aromatic N) is 1. The van der Waals surface area contributed by atoms with Crippen LogP contribution in [0.2, 0.25) is 0 Å². The molecule has 7 heteroatoms. The van der Waals surface area contributed by atoms with E-state index in [0.29, 0.717) is 50.1 Å². The summed E-state index contributed by atoms with van der Waals surface area (Å²) < 4.78 is 33.2. The van der Waals surface area contributed by atoms with E-state index < -0.39 is 10.0 Å². The van der Waals surface area contributed by atoms with Crippen LogP contribution in [0.5, 0.6) is 0 Å². The van der Waals surface area contributed by atoms with Crippen LogP contribution in [0.4, 0.5) is 0 Å². The highest BCUT2D eigenvalue weighted by Gasteiger charge is 2.24. The highest BCUT2D eigenvalue weighted by Crippen LogP contribution is 2.21. The highest BCUT2D eigenvalue weighted by molar-refractivity contribution is 7.89. The Labute approximate surface area is 187 Å². The monoisotopic (exact) mass is 450 g/mol. The van der Waals surface area contributed by atoms with Crippen LogP contribution in [0.1, 0.15) is 76.2 Å². The summed E-state index contributed by atoms with van der Waals surface area (Å²) in [5.41, 5.74) is 0.977. The Balaban J connectivity index is 1.35. The number of nitrogens with one attached hydrogen (secondary N) is 1. The summed E-state index contributed by atoms with van der Waals surface area (Å²) in [6.45, 7) is 2.56. The van der Waals surface area contributed by atoms with E-state index in [1.807, 2.05) is 12.1 Å². The smallest absolute Gasteiger partial charge is 0.243 e. The van der Waals surface area contributed by atoms with Crippen LogP contribution in [0.3, 0.4) is 0 Å². The van der Waals surface area contributed by atoms with Crippen LogP contribution in [0, 0.1) is 0 Å². The molecular weight excluding hydrogens is 412 g/mol. The van der Waals surface area contributed by atoms with Crippen molar-refractivity contribution in [2.45, 2.75) is 88.0 Å². The Bertz CT molecular complexity index is 765. The summed E-state index contributed by atoms with van der Waals surface area (Å²) in [7, 11) is -3.42. The van der Waals surface area contributed by atoms with Crippen molar-refractivity contribution < 1.29 is 17.9 Å². The molecule has 1 amide bonds. The van der Waals surface area contributed by atoms with E-state index in [0.717, 1.165) is 37.7 Å². The molecule has 3 rings (SSSR count). The number of sulfonamides is 1. The zero-order valence-electron chi connectivity index (χ0n) is 18.7. The Morgan fingerprint density at radius 3 is 2.29 bits per heavy atom. The molecule has 1 heterocycles. The second kappa shape index (κ2) is 12.6. The van der Waals surface area contributed by atoms with Crippen LogP contribution >= 0.6 is 0 Å². The van der Waals surface area contributed by atoms with Gasteiger partial charge in [-0.3, -0.25) is 4.79 Å². The van der Waals surface area contributed by atoms with Gasteiger partial charge in [0.05, 0.1) is 11.0 Å². The number of ether oxygens (including phenoxy) is 1. The van der Waals surface area contributed by atoms with Gasteiger partial charge in [-0.15, -0.1) is 0 Å². The second-order valence-electron chi connectivity index (χ2n) is 8.80. The van der Waals surface area contributed by atoms with Crippen molar-refractivity contribution in [3.8, 4) is 0 Å². The maximum absolute atomic E-state index is 12.8. The molecule has 2 aliphatic rings. The molecule has 174 valence electrons. The highest BCUT2D eigenvalue weighted by atomic mass is 32.2. The first-order chi connectivity index (χ1) is 15.1. The number of carbonyl (C=O) groups excluding carboxylic acids is 1. The van der Waals surface area contributed by atoms with Crippen LogP contribution in [0.15, 0.2) is 29.2 Å². The normalized spacial score (nSPS) is 19.1. The number of amides is 1. The van der Waals surface area contributed by atoms with Crippen LogP contribution in [-0.2, 0) is 26.0 Å². The lowest BCUT2D eigenvalue weighted by atomic mass is 9.98. The lowest BCUT2D eigenvalue weighted by Crippen LogP contribution is -2.31. The van der Waals surface area contributed by atoms with Gasteiger partial charge in [0.15, 0.2) is 0 Å². The van der Waals surface area contributed by atoms with E-state index in [1.165, 1.54) is 32.1 Å². The van der Waals surface area contributed by atoms with Gasteiger partial charge in [-0.2, -0.15) is 4.31 Å². The molecule has 6 nitrogen and oxygen atoms in total. The van der Waals surface area contributed by atoms with Gasteiger partial charge in [-0.05, 0) is 56.2 Å². The molecule has 2 fully saturated rings. The average Bonchev–Trinajstić information content (AvgIpc) is 3.09. The lowest BCUT2D eigenvalue weighted by Gasteiger charge is -2.21. The third-order valence-corrected chi connectivity index (χ3v) is 8.23. The van der Waals surface area contributed by atoms with Gasteiger partial charge in [0, 0.05) is 32.7 Å². The van der Waals surface area contributed by atoms with Crippen LogP contribution in [0.25, 0.3) is 0 Å². The van der Waals surface area contributed by atoms with Gasteiger partial charge in [0.25, 0.3) is 0 Å². The van der Waals surface area contributed by atoms with Crippen LogP contribution in [-0.4, -0.2) is 51.0 Å². The summed E-state index contributed by atoms with van der Waals surface area (Å²) in [6, 6.07) is 7.01. The summed E-state index contributed by atoms with van der Waals surface area (Å²) in [6.07, 6.45) is 12.5. The Kier molecular flexibility index (Phi) is 9.81. The molecule has 0 unspecified atom stereocenters. The molecule has 1 saturated carbocycles. The quantitative estimate of drug-likeness (QED) is 0.546. The predicted molar refractivity (Wildman–Crippen MR) is 122 cm³/mol. The first kappa shape index (κ1) is 24.2. The number of hydrogen-bond donors (Lipinski definition) is 1. The number of rotatable bonds is 10. The number of carbonyl (C=O) groups is 1. The van der Waals surface area contributed by atoms with Crippen molar-refractivity contribution >= 4 is 15.9 Å². The van der Waals surface area contributed by atoms with E-state index in [4.69, 9.17) is 4.74 Å². The Morgan fingerprint density at radius 2 is 1.61 bits per heavy atom. The minimum absolute atomic E-state index is 0.0268. The van der Waals surface area contributed by atoms with Gasteiger partial charge in [0.1, 0.15) is 0 Å². The van der Waals surface area contributed by atoms with Crippen molar-refractivity contribution in [1.29, 1.82) is 0 Å². The molecule has 1 aliphatic carbocycles. The number of hydrogen-bond acceptors (Lipinski definition) is 4.